The van der Waals surface area contributed by atoms with Gasteiger partial charge in [0.1, 0.15) is 0 Å². The van der Waals surface area contributed by atoms with Gasteiger partial charge in [0.25, 0.3) is 0 Å². The number of unbranched alkanes of at least 4 members (excludes halogenated alkanes) is 1. The van der Waals surface area contributed by atoms with Crippen LogP contribution in [0.5, 0.6) is 0 Å². The number of nitrogens with one attached hydrogen (secondary N) is 1. The lowest BCUT2D eigenvalue weighted by atomic mass is 10.2. The predicted molar refractivity (Wildman–Crippen MR) is 45.5 cm³/mol. The maximum Gasteiger partial charge on any atom is 0.0584 e. The van der Waals surface area contributed by atoms with Gasteiger partial charge < -0.3 is 15.5 Å². The highest BCUT2D eigenvalue weighted by atomic mass is 16.3. The predicted octanol–water partition coefficient (Wildman–Crippen LogP) is 0.119. The van der Waals surface area contributed by atoms with Crippen molar-refractivity contribution in [3.05, 3.63) is 0 Å². The molecule has 0 aliphatic carbocycles. The normalized spacial score (nSPS) is 13.4. The first-order chi connectivity index (χ1) is 5.35. The standard InChI is InChI=1S/C8H19NO2/c1-2-8(7-11)9-5-3-4-6-10/h8-11H,2-7H2,1H3. The summed E-state index contributed by atoms with van der Waals surface area (Å²) in [5, 5.41) is 20.4. The zero-order chi connectivity index (χ0) is 8.53. The minimum Gasteiger partial charge on any atom is -0.396 e. The molecular weight excluding hydrogens is 142 g/mol. The van der Waals surface area contributed by atoms with Crippen molar-refractivity contribution in [1.82, 2.24) is 5.32 Å². The third-order valence-corrected chi connectivity index (χ3v) is 1.73. The summed E-state index contributed by atoms with van der Waals surface area (Å²) in [5.74, 6) is 0. The van der Waals surface area contributed by atoms with Crippen LogP contribution in [-0.2, 0) is 0 Å². The van der Waals surface area contributed by atoms with Gasteiger partial charge in [-0.05, 0) is 25.8 Å². The van der Waals surface area contributed by atoms with E-state index in [9.17, 15) is 0 Å². The minimum absolute atomic E-state index is 0.204. The molecule has 0 saturated heterocycles. The monoisotopic (exact) mass is 161 g/mol. The average Bonchev–Trinajstić information content (AvgIpc) is 2.05. The van der Waals surface area contributed by atoms with Crippen molar-refractivity contribution in [2.45, 2.75) is 32.2 Å². The van der Waals surface area contributed by atoms with E-state index in [1.165, 1.54) is 0 Å². The fourth-order valence-electron chi connectivity index (χ4n) is 0.881. The first-order valence-electron chi connectivity index (χ1n) is 4.30. The molecule has 0 saturated carbocycles. The van der Waals surface area contributed by atoms with Gasteiger partial charge in [-0.25, -0.2) is 0 Å². The van der Waals surface area contributed by atoms with Gasteiger partial charge in [-0.3, -0.25) is 0 Å². The Bertz CT molecular complexity index is 74.5. The Labute approximate surface area is 68.4 Å². The van der Waals surface area contributed by atoms with Crippen LogP contribution < -0.4 is 5.32 Å². The number of hydrogen-bond donors (Lipinski definition) is 3. The Kier molecular flexibility index (Phi) is 7.89. The highest BCUT2D eigenvalue weighted by Crippen LogP contribution is 1.90. The van der Waals surface area contributed by atoms with Crippen LogP contribution in [0.15, 0.2) is 0 Å². The molecular formula is C8H19NO2. The minimum atomic E-state index is 0.204. The molecule has 1 atom stereocenters. The van der Waals surface area contributed by atoms with Crippen LogP contribution in [0.2, 0.25) is 0 Å². The molecule has 3 heteroatoms. The molecule has 0 spiro atoms. The Balaban J connectivity index is 3.07. The molecule has 3 N–H and O–H groups in total. The van der Waals surface area contributed by atoms with Crippen molar-refractivity contribution >= 4 is 0 Å². The zero-order valence-corrected chi connectivity index (χ0v) is 7.21. The van der Waals surface area contributed by atoms with Crippen molar-refractivity contribution in [3.8, 4) is 0 Å². The molecule has 0 aromatic carbocycles. The van der Waals surface area contributed by atoms with Gasteiger partial charge in [0.2, 0.25) is 0 Å². The highest BCUT2D eigenvalue weighted by molar-refractivity contribution is 4.61. The topological polar surface area (TPSA) is 52.5 Å². The quantitative estimate of drug-likeness (QED) is 0.465. The molecule has 0 amide bonds. The Morgan fingerprint density at radius 2 is 2.00 bits per heavy atom. The van der Waals surface area contributed by atoms with Crippen molar-refractivity contribution in [1.29, 1.82) is 0 Å². The molecule has 0 aromatic heterocycles. The third-order valence-electron chi connectivity index (χ3n) is 1.73. The third kappa shape index (κ3) is 6.28. The van der Waals surface area contributed by atoms with Crippen molar-refractivity contribution in [2.24, 2.45) is 0 Å². The lowest BCUT2D eigenvalue weighted by Gasteiger charge is -2.12. The molecule has 0 aromatic rings. The van der Waals surface area contributed by atoms with E-state index >= 15 is 0 Å². The fraction of sp³-hybridized carbons (Fsp3) is 1.00. The van der Waals surface area contributed by atoms with Crippen LogP contribution in [0.1, 0.15) is 26.2 Å². The Hall–Kier alpha value is -0.120. The molecule has 0 aliphatic heterocycles. The summed E-state index contributed by atoms with van der Waals surface area (Å²) in [6, 6.07) is 0.230. The van der Waals surface area contributed by atoms with E-state index in [-0.39, 0.29) is 19.3 Å². The van der Waals surface area contributed by atoms with Crippen LogP contribution in [0.4, 0.5) is 0 Å². The summed E-state index contributed by atoms with van der Waals surface area (Å²) < 4.78 is 0. The van der Waals surface area contributed by atoms with E-state index in [1.807, 2.05) is 6.92 Å². The van der Waals surface area contributed by atoms with E-state index in [1.54, 1.807) is 0 Å². The van der Waals surface area contributed by atoms with Crippen LogP contribution in [0, 0.1) is 0 Å². The second kappa shape index (κ2) is 7.98. The number of aliphatic hydroxyl groups is 2. The SMILES string of the molecule is CCC(CO)NCCCCO. The number of rotatable bonds is 7. The van der Waals surface area contributed by atoms with E-state index in [2.05, 4.69) is 5.32 Å². The first kappa shape index (κ1) is 10.9. The van der Waals surface area contributed by atoms with Gasteiger partial charge in [0.15, 0.2) is 0 Å². The van der Waals surface area contributed by atoms with Crippen molar-refractivity contribution in [3.63, 3.8) is 0 Å². The van der Waals surface area contributed by atoms with Gasteiger partial charge in [-0.1, -0.05) is 6.92 Å². The van der Waals surface area contributed by atoms with Crippen molar-refractivity contribution < 1.29 is 10.2 Å². The van der Waals surface area contributed by atoms with Gasteiger partial charge >= 0.3 is 0 Å². The molecule has 0 bridgehead atoms. The van der Waals surface area contributed by atoms with E-state index in [0.717, 1.165) is 25.8 Å². The molecule has 0 aliphatic rings. The molecule has 0 rings (SSSR count). The molecule has 1 unspecified atom stereocenters. The fourth-order valence-corrected chi connectivity index (χ4v) is 0.881. The molecule has 3 nitrogen and oxygen atoms in total. The van der Waals surface area contributed by atoms with Crippen LogP contribution in [0.25, 0.3) is 0 Å². The summed E-state index contributed by atoms with van der Waals surface area (Å²) in [6.45, 7) is 3.40. The summed E-state index contributed by atoms with van der Waals surface area (Å²) >= 11 is 0. The molecule has 0 radical (unpaired) electrons. The first-order valence-corrected chi connectivity index (χ1v) is 4.30. The Morgan fingerprint density at radius 3 is 2.45 bits per heavy atom. The van der Waals surface area contributed by atoms with Gasteiger partial charge in [0.05, 0.1) is 6.61 Å². The van der Waals surface area contributed by atoms with Crippen LogP contribution in [-0.4, -0.2) is 36.0 Å². The summed E-state index contributed by atoms with van der Waals surface area (Å²) in [6.07, 6.45) is 2.78. The second-order valence-corrected chi connectivity index (χ2v) is 2.67. The van der Waals surface area contributed by atoms with Gasteiger partial charge in [-0.2, -0.15) is 0 Å². The highest BCUT2D eigenvalue weighted by Gasteiger charge is 2.00. The largest absolute Gasteiger partial charge is 0.396 e. The molecule has 0 fully saturated rings. The Morgan fingerprint density at radius 1 is 1.27 bits per heavy atom. The summed E-state index contributed by atoms with van der Waals surface area (Å²) in [7, 11) is 0. The van der Waals surface area contributed by atoms with E-state index < -0.39 is 0 Å². The molecule has 68 valence electrons. The van der Waals surface area contributed by atoms with Gasteiger partial charge in [-0.15, -0.1) is 0 Å². The maximum atomic E-state index is 8.77. The van der Waals surface area contributed by atoms with E-state index in [4.69, 9.17) is 10.2 Å². The average molecular weight is 161 g/mol. The molecule has 0 heterocycles. The van der Waals surface area contributed by atoms with E-state index in [0.29, 0.717) is 0 Å². The number of hydrogen-bond acceptors (Lipinski definition) is 3. The number of aliphatic hydroxyl groups excluding tert-OH is 2. The van der Waals surface area contributed by atoms with Crippen molar-refractivity contribution in [2.75, 3.05) is 19.8 Å². The van der Waals surface area contributed by atoms with Gasteiger partial charge in [0, 0.05) is 12.6 Å². The lowest BCUT2D eigenvalue weighted by Crippen LogP contribution is -2.32. The zero-order valence-electron chi connectivity index (χ0n) is 7.21. The van der Waals surface area contributed by atoms with Crippen LogP contribution in [0.3, 0.4) is 0 Å². The maximum absolute atomic E-state index is 8.77. The smallest absolute Gasteiger partial charge is 0.0584 e. The second-order valence-electron chi connectivity index (χ2n) is 2.67. The summed E-state index contributed by atoms with van der Waals surface area (Å²) in [5.41, 5.74) is 0. The summed E-state index contributed by atoms with van der Waals surface area (Å²) in [4.78, 5) is 0. The van der Waals surface area contributed by atoms with Crippen LogP contribution >= 0.6 is 0 Å². The lowest BCUT2D eigenvalue weighted by molar-refractivity contribution is 0.235. The molecule has 11 heavy (non-hydrogen) atoms.